The number of nitrogens with zero attached hydrogens (tertiary/aromatic N) is 3. The van der Waals surface area contributed by atoms with Crippen molar-refractivity contribution in [1.29, 1.82) is 0 Å². The minimum Gasteiger partial charge on any atom is -0.370 e. The highest BCUT2D eigenvalue weighted by molar-refractivity contribution is 5.84. The molecule has 4 nitrogen and oxygen atoms in total. The van der Waals surface area contributed by atoms with E-state index in [1.54, 1.807) is 6.07 Å². The van der Waals surface area contributed by atoms with Gasteiger partial charge in [-0.3, -0.25) is 4.99 Å². The monoisotopic (exact) mass is 288 g/mol. The quantitative estimate of drug-likeness (QED) is 0.693. The van der Waals surface area contributed by atoms with E-state index < -0.39 is 0 Å². The van der Waals surface area contributed by atoms with Crippen LogP contribution in [-0.4, -0.2) is 35.1 Å². The molecule has 0 amide bonds. The third-order valence-corrected chi connectivity index (χ3v) is 4.15. The maximum Gasteiger partial charge on any atom is 0.191 e. The predicted octanol–water partition coefficient (Wildman–Crippen LogP) is 2.27. The lowest BCUT2D eigenvalue weighted by Gasteiger charge is -2.16. The Bertz CT molecular complexity index is 685. The van der Waals surface area contributed by atoms with Crippen LogP contribution in [0.2, 0.25) is 0 Å². The summed E-state index contributed by atoms with van der Waals surface area (Å²) in [5, 5.41) is 1.09. The van der Waals surface area contributed by atoms with Gasteiger partial charge >= 0.3 is 0 Å². The molecular formula is C16H21FN4. The van der Waals surface area contributed by atoms with Crippen molar-refractivity contribution in [2.75, 3.05) is 13.6 Å². The van der Waals surface area contributed by atoms with Crippen LogP contribution in [0.3, 0.4) is 0 Å². The van der Waals surface area contributed by atoms with Gasteiger partial charge in [0.2, 0.25) is 0 Å². The summed E-state index contributed by atoms with van der Waals surface area (Å²) in [4.78, 5) is 6.51. The fourth-order valence-electron chi connectivity index (χ4n) is 2.69. The van der Waals surface area contributed by atoms with Crippen LogP contribution in [0.1, 0.15) is 18.4 Å². The van der Waals surface area contributed by atoms with Crippen LogP contribution < -0.4 is 5.73 Å². The molecule has 0 atom stereocenters. The molecule has 0 aliphatic heterocycles. The van der Waals surface area contributed by atoms with Crippen LogP contribution in [0, 0.1) is 5.82 Å². The first-order valence-corrected chi connectivity index (χ1v) is 7.32. The zero-order valence-corrected chi connectivity index (χ0v) is 12.5. The summed E-state index contributed by atoms with van der Waals surface area (Å²) in [6, 6.07) is 5.49. The minimum absolute atomic E-state index is 0.205. The van der Waals surface area contributed by atoms with Gasteiger partial charge in [-0.1, -0.05) is 0 Å². The highest BCUT2D eigenvalue weighted by Crippen LogP contribution is 2.25. The Labute approximate surface area is 124 Å². The van der Waals surface area contributed by atoms with Crippen molar-refractivity contribution in [3.05, 3.63) is 35.8 Å². The van der Waals surface area contributed by atoms with E-state index in [1.807, 2.05) is 30.9 Å². The summed E-state index contributed by atoms with van der Waals surface area (Å²) in [7, 11) is 3.93. The van der Waals surface area contributed by atoms with Gasteiger partial charge in [0.1, 0.15) is 5.82 Å². The molecule has 1 aromatic heterocycles. The van der Waals surface area contributed by atoms with E-state index in [0.717, 1.165) is 17.3 Å². The van der Waals surface area contributed by atoms with Crippen molar-refractivity contribution in [2.24, 2.45) is 17.8 Å². The molecule has 0 spiro atoms. The number of nitrogens with two attached hydrogens (primary N) is 1. The molecule has 2 aromatic rings. The van der Waals surface area contributed by atoms with Gasteiger partial charge in [-0.2, -0.15) is 0 Å². The van der Waals surface area contributed by atoms with Gasteiger partial charge in [-0.15, -0.1) is 0 Å². The number of fused-ring (bicyclic) bond motifs is 1. The normalized spacial score (nSPS) is 15.7. The molecule has 0 saturated heterocycles. The van der Waals surface area contributed by atoms with E-state index in [9.17, 15) is 4.39 Å². The molecule has 3 rings (SSSR count). The van der Waals surface area contributed by atoms with Crippen molar-refractivity contribution in [3.8, 4) is 0 Å². The fourth-order valence-corrected chi connectivity index (χ4v) is 2.69. The largest absolute Gasteiger partial charge is 0.370 e. The summed E-state index contributed by atoms with van der Waals surface area (Å²) in [6.45, 7) is 0.652. The Morgan fingerprint density at radius 2 is 2.24 bits per heavy atom. The van der Waals surface area contributed by atoms with Crippen LogP contribution in [0.15, 0.2) is 29.4 Å². The van der Waals surface area contributed by atoms with Gasteiger partial charge in [0.25, 0.3) is 0 Å². The van der Waals surface area contributed by atoms with E-state index in [-0.39, 0.29) is 5.82 Å². The molecule has 1 aromatic carbocycles. The molecule has 0 radical (unpaired) electrons. The lowest BCUT2D eigenvalue weighted by molar-refractivity contribution is 0.487. The minimum atomic E-state index is -0.205. The predicted molar refractivity (Wildman–Crippen MR) is 83.9 cm³/mol. The number of aryl methyl sites for hydroxylation is 1. The van der Waals surface area contributed by atoms with Gasteiger partial charge in [0.05, 0.1) is 5.52 Å². The molecule has 2 N–H and O–H groups in total. The molecule has 1 saturated carbocycles. The SMILES string of the molecule is CN(C(N)=NCCc1cn(C)c2cc(F)ccc12)C1CC1. The lowest BCUT2D eigenvalue weighted by Crippen LogP contribution is -2.35. The molecule has 1 fully saturated rings. The standard InChI is InChI=1S/C16H21FN4/c1-20-10-11(14-6-3-12(17)9-15(14)20)7-8-19-16(18)21(2)13-4-5-13/h3,6,9-10,13H,4-5,7-8H2,1-2H3,(H2,18,19). The van der Waals surface area contributed by atoms with Crippen molar-refractivity contribution < 1.29 is 4.39 Å². The molecule has 21 heavy (non-hydrogen) atoms. The first-order chi connectivity index (χ1) is 10.1. The Morgan fingerprint density at radius 3 is 2.95 bits per heavy atom. The van der Waals surface area contributed by atoms with E-state index in [2.05, 4.69) is 9.89 Å². The number of hydrogen-bond acceptors (Lipinski definition) is 1. The maximum absolute atomic E-state index is 13.3. The summed E-state index contributed by atoms with van der Waals surface area (Å²) in [5.74, 6) is 0.410. The lowest BCUT2D eigenvalue weighted by atomic mass is 10.1. The van der Waals surface area contributed by atoms with Crippen molar-refractivity contribution >= 4 is 16.9 Å². The van der Waals surface area contributed by atoms with Crippen LogP contribution in [0.25, 0.3) is 10.9 Å². The summed E-state index contributed by atoms with van der Waals surface area (Å²) >= 11 is 0. The van der Waals surface area contributed by atoms with Gasteiger partial charge < -0.3 is 15.2 Å². The number of guanidine groups is 1. The molecule has 5 heteroatoms. The third-order valence-electron chi connectivity index (χ3n) is 4.15. The third kappa shape index (κ3) is 2.86. The highest BCUT2D eigenvalue weighted by atomic mass is 19.1. The Kier molecular flexibility index (Phi) is 3.57. The van der Waals surface area contributed by atoms with Gasteiger partial charge in [-0.25, -0.2) is 4.39 Å². The molecule has 1 aliphatic rings. The zero-order valence-electron chi connectivity index (χ0n) is 12.5. The molecule has 0 unspecified atom stereocenters. The number of rotatable bonds is 4. The second-order valence-corrected chi connectivity index (χ2v) is 5.76. The summed E-state index contributed by atoms with van der Waals surface area (Å²) in [6.07, 6.45) is 5.27. The average Bonchev–Trinajstić information content (AvgIpc) is 3.25. The summed E-state index contributed by atoms with van der Waals surface area (Å²) in [5.41, 5.74) is 8.07. The number of hydrogen-bond donors (Lipinski definition) is 1. The first-order valence-electron chi connectivity index (χ1n) is 7.32. The van der Waals surface area contributed by atoms with Crippen LogP contribution in [0.4, 0.5) is 4.39 Å². The first kappa shape index (κ1) is 13.9. The van der Waals surface area contributed by atoms with Crippen molar-refractivity contribution in [1.82, 2.24) is 9.47 Å². The van der Waals surface area contributed by atoms with E-state index in [4.69, 9.17) is 5.73 Å². The molecule has 1 aliphatic carbocycles. The zero-order chi connectivity index (χ0) is 15.0. The fraction of sp³-hybridized carbons (Fsp3) is 0.438. The van der Waals surface area contributed by atoms with Crippen LogP contribution in [-0.2, 0) is 13.5 Å². The Hall–Kier alpha value is -2.04. The van der Waals surface area contributed by atoms with E-state index >= 15 is 0 Å². The van der Waals surface area contributed by atoms with E-state index in [0.29, 0.717) is 18.5 Å². The number of aliphatic imine (C=N–C) groups is 1. The number of halogens is 1. The molecular weight excluding hydrogens is 267 g/mol. The molecule has 1 heterocycles. The van der Waals surface area contributed by atoms with Crippen molar-refractivity contribution in [2.45, 2.75) is 25.3 Å². The van der Waals surface area contributed by atoms with Crippen LogP contribution >= 0.6 is 0 Å². The second-order valence-electron chi connectivity index (χ2n) is 5.76. The smallest absolute Gasteiger partial charge is 0.191 e. The van der Waals surface area contributed by atoms with Gasteiger partial charge in [0, 0.05) is 38.3 Å². The van der Waals surface area contributed by atoms with Crippen molar-refractivity contribution in [3.63, 3.8) is 0 Å². The highest BCUT2D eigenvalue weighted by Gasteiger charge is 2.27. The summed E-state index contributed by atoms with van der Waals surface area (Å²) < 4.78 is 15.3. The number of benzene rings is 1. The molecule has 112 valence electrons. The Morgan fingerprint density at radius 1 is 1.48 bits per heavy atom. The number of aromatic nitrogens is 1. The average molecular weight is 288 g/mol. The topological polar surface area (TPSA) is 46.5 Å². The van der Waals surface area contributed by atoms with E-state index in [1.165, 1.54) is 24.5 Å². The van der Waals surface area contributed by atoms with Crippen LogP contribution in [0.5, 0.6) is 0 Å². The second kappa shape index (κ2) is 5.39. The Balaban J connectivity index is 1.72. The van der Waals surface area contributed by atoms with Gasteiger partial charge in [-0.05, 0) is 43.0 Å². The van der Waals surface area contributed by atoms with Gasteiger partial charge in [0.15, 0.2) is 5.96 Å². The molecule has 0 bridgehead atoms. The maximum atomic E-state index is 13.3.